The Kier molecular flexibility index (Phi) is 7.58. The van der Waals surface area contributed by atoms with E-state index in [0.717, 1.165) is 22.0 Å². The zero-order valence-corrected chi connectivity index (χ0v) is 24.9. The van der Waals surface area contributed by atoms with Gasteiger partial charge in [-0.2, -0.15) is 0 Å². The summed E-state index contributed by atoms with van der Waals surface area (Å²) >= 11 is 7.77. The number of hydrogen-bond acceptors (Lipinski definition) is 6. The van der Waals surface area contributed by atoms with Crippen molar-refractivity contribution in [2.45, 2.75) is 26.4 Å². The van der Waals surface area contributed by atoms with Crippen LogP contribution in [0.1, 0.15) is 36.6 Å². The summed E-state index contributed by atoms with van der Waals surface area (Å²) in [7, 11) is 1.57. The van der Waals surface area contributed by atoms with Crippen molar-refractivity contribution in [3.63, 3.8) is 0 Å². The van der Waals surface area contributed by atoms with E-state index in [-0.39, 0.29) is 12.2 Å². The highest BCUT2D eigenvalue weighted by Gasteiger charge is 2.35. The molecule has 6 rings (SSSR count). The molecule has 42 heavy (non-hydrogen) atoms. The number of halogens is 1. The maximum atomic E-state index is 14.2. The van der Waals surface area contributed by atoms with Crippen molar-refractivity contribution in [2.75, 3.05) is 13.7 Å². The number of rotatable bonds is 7. The number of aromatic nitrogens is 2. The summed E-state index contributed by atoms with van der Waals surface area (Å²) in [5.74, 6) is 0.0581. The molecule has 0 fully saturated rings. The van der Waals surface area contributed by atoms with E-state index in [1.54, 1.807) is 25.5 Å². The minimum absolute atomic E-state index is 0.205. The number of ether oxygens (including phenoxy) is 2. The summed E-state index contributed by atoms with van der Waals surface area (Å²) in [5, 5.41) is 1.72. The molecule has 1 aliphatic rings. The molecule has 2 aromatic heterocycles. The molecule has 0 bridgehead atoms. The molecule has 0 aliphatic carbocycles. The molecule has 3 heterocycles. The lowest BCUT2D eigenvalue weighted by atomic mass is 9.95. The largest absolute Gasteiger partial charge is 0.496 e. The molecular weight excluding hydrogens is 570 g/mol. The van der Waals surface area contributed by atoms with Crippen LogP contribution < -0.4 is 19.6 Å². The van der Waals surface area contributed by atoms with Crippen LogP contribution in [0.2, 0.25) is 5.02 Å². The van der Waals surface area contributed by atoms with E-state index in [4.69, 9.17) is 26.1 Å². The van der Waals surface area contributed by atoms with Crippen LogP contribution in [0.3, 0.4) is 0 Å². The highest BCUT2D eigenvalue weighted by molar-refractivity contribution is 7.07. The third-order valence-electron chi connectivity index (χ3n) is 7.36. The van der Waals surface area contributed by atoms with E-state index in [1.807, 2.05) is 79.0 Å². The predicted octanol–water partition coefficient (Wildman–Crippen LogP) is 5.46. The second-order valence-corrected chi connectivity index (χ2v) is 11.3. The summed E-state index contributed by atoms with van der Waals surface area (Å²) < 4.78 is 15.3. The molecule has 0 N–H and O–H groups in total. The summed E-state index contributed by atoms with van der Waals surface area (Å²) in [6.45, 7) is 4.32. The van der Waals surface area contributed by atoms with Gasteiger partial charge in [-0.05, 0) is 43.7 Å². The van der Waals surface area contributed by atoms with Crippen LogP contribution in [-0.4, -0.2) is 28.8 Å². The minimum atomic E-state index is -0.750. The van der Waals surface area contributed by atoms with E-state index in [2.05, 4.69) is 10.6 Å². The number of nitrogens with zero attached hydrogens (tertiary/aromatic N) is 3. The Morgan fingerprint density at radius 2 is 1.81 bits per heavy atom. The molecule has 5 aromatic rings. The first-order valence-corrected chi connectivity index (χ1v) is 14.7. The van der Waals surface area contributed by atoms with Gasteiger partial charge >= 0.3 is 5.97 Å². The minimum Gasteiger partial charge on any atom is -0.496 e. The molecule has 0 saturated heterocycles. The lowest BCUT2D eigenvalue weighted by Crippen LogP contribution is -2.40. The van der Waals surface area contributed by atoms with Crippen LogP contribution in [0, 0.1) is 0 Å². The Morgan fingerprint density at radius 1 is 1.07 bits per heavy atom. The first-order valence-electron chi connectivity index (χ1n) is 13.5. The van der Waals surface area contributed by atoms with E-state index < -0.39 is 12.0 Å². The molecule has 0 spiro atoms. The van der Waals surface area contributed by atoms with Gasteiger partial charge in [0.1, 0.15) is 11.8 Å². The van der Waals surface area contributed by atoms with Crippen LogP contribution in [0.25, 0.3) is 17.0 Å². The fourth-order valence-electron chi connectivity index (χ4n) is 5.45. The first-order chi connectivity index (χ1) is 20.4. The molecule has 1 atom stereocenters. The molecule has 7 nitrogen and oxygen atoms in total. The number of para-hydroxylation sites is 2. The SMILES string of the molecule is CCOC(=O)C1=C(C)N=c2s/c(=C/c3cn(Cc4ccccc4Cl)c4ccccc34)c(=O)n2[C@H]1c1ccccc1OC. The third kappa shape index (κ3) is 4.86. The number of allylic oxidation sites excluding steroid dienone is 1. The van der Waals surface area contributed by atoms with Crippen LogP contribution in [0.15, 0.2) is 100 Å². The van der Waals surface area contributed by atoms with Crippen molar-refractivity contribution in [1.82, 2.24) is 9.13 Å². The highest BCUT2D eigenvalue weighted by atomic mass is 35.5. The monoisotopic (exact) mass is 597 g/mol. The number of carbonyl (C=O) groups is 1. The van der Waals surface area contributed by atoms with Gasteiger partial charge in [0.15, 0.2) is 4.80 Å². The van der Waals surface area contributed by atoms with Crippen molar-refractivity contribution >= 4 is 45.9 Å². The van der Waals surface area contributed by atoms with Gasteiger partial charge in [-0.25, -0.2) is 9.79 Å². The van der Waals surface area contributed by atoms with Gasteiger partial charge in [-0.1, -0.05) is 77.5 Å². The van der Waals surface area contributed by atoms with Gasteiger partial charge in [0.25, 0.3) is 5.56 Å². The molecule has 0 saturated carbocycles. The lowest BCUT2D eigenvalue weighted by Gasteiger charge is -2.25. The Labute approximate surface area is 251 Å². The average molecular weight is 598 g/mol. The van der Waals surface area contributed by atoms with Crippen molar-refractivity contribution < 1.29 is 14.3 Å². The molecule has 1 aliphatic heterocycles. The van der Waals surface area contributed by atoms with E-state index in [9.17, 15) is 9.59 Å². The van der Waals surface area contributed by atoms with Crippen molar-refractivity contribution in [1.29, 1.82) is 0 Å². The third-order valence-corrected chi connectivity index (χ3v) is 8.71. The van der Waals surface area contributed by atoms with Gasteiger partial charge in [-0.3, -0.25) is 9.36 Å². The van der Waals surface area contributed by atoms with E-state index in [0.29, 0.717) is 43.5 Å². The Bertz CT molecular complexity index is 2050. The molecule has 9 heteroatoms. The average Bonchev–Trinajstić information content (AvgIpc) is 3.49. The molecule has 3 aromatic carbocycles. The fraction of sp³-hybridized carbons (Fsp3) is 0.182. The van der Waals surface area contributed by atoms with Gasteiger partial charge < -0.3 is 14.0 Å². The van der Waals surface area contributed by atoms with Crippen molar-refractivity contribution in [3.05, 3.63) is 132 Å². The molecule has 0 radical (unpaired) electrons. The van der Waals surface area contributed by atoms with Crippen LogP contribution in [-0.2, 0) is 16.1 Å². The number of thiazole rings is 1. The highest BCUT2D eigenvalue weighted by Crippen LogP contribution is 2.35. The van der Waals surface area contributed by atoms with Gasteiger partial charge in [0.2, 0.25) is 0 Å². The number of carbonyl (C=O) groups excluding carboxylic acids is 1. The first kappa shape index (κ1) is 27.8. The molecule has 0 unspecified atom stereocenters. The maximum absolute atomic E-state index is 14.2. The lowest BCUT2D eigenvalue weighted by molar-refractivity contribution is -0.139. The number of methoxy groups -OCH3 is 1. The van der Waals surface area contributed by atoms with Gasteiger partial charge in [-0.15, -0.1) is 0 Å². The van der Waals surface area contributed by atoms with Gasteiger partial charge in [0.05, 0.1) is 29.5 Å². The smallest absolute Gasteiger partial charge is 0.338 e. The zero-order valence-electron chi connectivity index (χ0n) is 23.3. The van der Waals surface area contributed by atoms with E-state index >= 15 is 0 Å². The standard InChI is InChI=1S/C33H28ClN3O4S/c1-4-41-32(39)29-20(2)35-33-37(30(29)24-13-7-10-16-27(24)40-3)31(38)28(42-33)17-22-19-36(26-15-9-6-12-23(22)26)18-21-11-5-8-14-25(21)34/h5-17,19,30H,4,18H2,1-3H3/b28-17+/t30-/m0/s1. The van der Waals surface area contributed by atoms with Crippen molar-refractivity contribution in [3.8, 4) is 5.75 Å². The second-order valence-electron chi connectivity index (χ2n) is 9.87. The summed E-state index contributed by atoms with van der Waals surface area (Å²) in [5.41, 5.74) is 4.20. The number of esters is 1. The quantitative estimate of drug-likeness (QED) is 0.233. The van der Waals surface area contributed by atoms with Crippen LogP contribution in [0.5, 0.6) is 5.75 Å². The molecule has 212 valence electrons. The fourth-order valence-corrected chi connectivity index (χ4v) is 6.68. The predicted molar refractivity (Wildman–Crippen MR) is 166 cm³/mol. The topological polar surface area (TPSA) is 74.8 Å². The number of hydrogen-bond donors (Lipinski definition) is 0. The molecule has 0 amide bonds. The molecular formula is C33H28ClN3O4S. The summed E-state index contributed by atoms with van der Waals surface area (Å²) in [4.78, 5) is 32.6. The summed E-state index contributed by atoms with van der Waals surface area (Å²) in [6, 6.07) is 22.5. The Hall–Kier alpha value is -4.40. The van der Waals surface area contributed by atoms with Crippen LogP contribution >= 0.6 is 22.9 Å². The Morgan fingerprint density at radius 3 is 2.60 bits per heavy atom. The van der Waals surface area contributed by atoms with Crippen LogP contribution in [0.4, 0.5) is 0 Å². The zero-order chi connectivity index (χ0) is 29.4. The van der Waals surface area contributed by atoms with Gasteiger partial charge in [0, 0.05) is 39.8 Å². The Balaban J connectivity index is 1.54. The number of fused-ring (bicyclic) bond motifs is 2. The summed E-state index contributed by atoms with van der Waals surface area (Å²) in [6.07, 6.45) is 3.94. The second kappa shape index (κ2) is 11.5. The van der Waals surface area contributed by atoms with E-state index in [1.165, 1.54) is 11.3 Å². The maximum Gasteiger partial charge on any atom is 0.338 e. The normalized spacial score (nSPS) is 15.0. The van der Waals surface area contributed by atoms with Crippen molar-refractivity contribution in [2.24, 2.45) is 4.99 Å². The number of benzene rings is 3.